The number of aromatic nitrogens is 3. The summed E-state index contributed by atoms with van der Waals surface area (Å²) < 4.78 is 4.21. The lowest BCUT2D eigenvalue weighted by Gasteiger charge is -2.15. The maximum Gasteiger partial charge on any atom is 0.267 e. The number of ketones is 1. The largest absolute Gasteiger partial charge is 0.351 e. The van der Waals surface area contributed by atoms with Crippen molar-refractivity contribution in [3.63, 3.8) is 0 Å². The molecule has 31 heavy (non-hydrogen) atoms. The van der Waals surface area contributed by atoms with Gasteiger partial charge < -0.3 is 14.5 Å². The van der Waals surface area contributed by atoms with Crippen LogP contribution in [0.5, 0.6) is 0 Å². The molecule has 1 aliphatic heterocycles. The molecule has 0 saturated heterocycles. The van der Waals surface area contributed by atoms with E-state index in [0.29, 0.717) is 17.8 Å². The molecule has 6 heteroatoms. The summed E-state index contributed by atoms with van der Waals surface area (Å²) >= 11 is 0. The molecule has 0 saturated carbocycles. The number of imidazole rings is 1. The van der Waals surface area contributed by atoms with Gasteiger partial charge in [-0.1, -0.05) is 24.3 Å². The Kier molecular flexibility index (Phi) is 4.65. The number of carbonyl (C=O) groups is 2. The lowest BCUT2D eigenvalue weighted by molar-refractivity contribution is 0.0950. The Labute approximate surface area is 180 Å². The van der Waals surface area contributed by atoms with Crippen LogP contribution in [0.4, 0.5) is 0 Å². The molecule has 1 atom stereocenters. The third-order valence-electron chi connectivity index (χ3n) is 6.19. The smallest absolute Gasteiger partial charge is 0.267 e. The van der Waals surface area contributed by atoms with Crippen LogP contribution >= 0.6 is 0 Å². The number of nitrogens with zero attached hydrogens (tertiary/aromatic N) is 3. The van der Waals surface area contributed by atoms with Crippen molar-refractivity contribution in [3.8, 4) is 0 Å². The van der Waals surface area contributed by atoms with Crippen LogP contribution in [0.15, 0.2) is 48.5 Å². The second-order valence-corrected chi connectivity index (χ2v) is 8.65. The van der Waals surface area contributed by atoms with E-state index in [1.165, 1.54) is 0 Å². The summed E-state index contributed by atoms with van der Waals surface area (Å²) in [6.45, 7) is 6.99. The van der Waals surface area contributed by atoms with E-state index < -0.39 is 0 Å². The van der Waals surface area contributed by atoms with Gasteiger partial charge in [0, 0.05) is 35.1 Å². The van der Waals surface area contributed by atoms with Gasteiger partial charge in [0.15, 0.2) is 5.78 Å². The predicted molar refractivity (Wildman–Crippen MR) is 122 cm³/mol. The van der Waals surface area contributed by atoms with Gasteiger partial charge in [-0.3, -0.25) is 9.59 Å². The van der Waals surface area contributed by atoms with Crippen LogP contribution < -0.4 is 5.32 Å². The highest BCUT2D eigenvalue weighted by Gasteiger charge is 2.24. The molecule has 0 bridgehead atoms. The van der Waals surface area contributed by atoms with Gasteiger partial charge in [-0.15, -0.1) is 0 Å². The van der Waals surface area contributed by atoms with Crippen molar-refractivity contribution in [3.05, 3.63) is 65.6 Å². The number of hydrogen-bond acceptors (Lipinski definition) is 3. The first-order valence-electron chi connectivity index (χ1n) is 10.9. The number of rotatable bonds is 4. The van der Waals surface area contributed by atoms with E-state index in [1.807, 2.05) is 48.5 Å². The Morgan fingerprint density at radius 3 is 2.77 bits per heavy atom. The van der Waals surface area contributed by atoms with E-state index in [0.717, 1.165) is 34.2 Å². The monoisotopic (exact) mass is 414 g/mol. The van der Waals surface area contributed by atoms with Gasteiger partial charge in [0.2, 0.25) is 0 Å². The average Bonchev–Trinajstić information content (AvgIpc) is 3.27. The minimum absolute atomic E-state index is 0.0281. The molecular weight excluding hydrogens is 388 g/mol. The fourth-order valence-corrected chi connectivity index (χ4v) is 4.70. The van der Waals surface area contributed by atoms with E-state index >= 15 is 0 Å². The van der Waals surface area contributed by atoms with E-state index in [9.17, 15) is 9.59 Å². The average molecular weight is 415 g/mol. The first-order valence-corrected chi connectivity index (χ1v) is 10.9. The minimum Gasteiger partial charge on any atom is -0.351 e. The molecular formula is C25H26N4O2. The Balaban J connectivity index is 1.55. The van der Waals surface area contributed by atoms with Crippen molar-refractivity contribution < 1.29 is 9.59 Å². The van der Waals surface area contributed by atoms with Crippen molar-refractivity contribution in [2.45, 2.75) is 45.7 Å². The zero-order valence-electron chi connectivity index (χ0n) is 18.1. The van der Waals surface area contributed by atoms with Crippen LogP contribution in [-0.4, -0.2) is 32.4 Å². The quantitative estimate of drug-likeness (QED) is 0.493. The van der Waals surface area contributed by atoms with Crippen LogP contribution in [0.25, 0.3) is 21.9 Å². The summed E-state index contributed by atoms with van der Waals surface area (Å²) in [6.07, 6.45) is 1.10. The van der Waals surface area contributed by atoms with Gasteiger partial charge in [-0.2, -0.15) is 0 Å². The lowest BCUT2D eigenvalue weighted by atomic mass is 10.1. The highest BCUT2D eigenvalue weighted by atomic mass is 16.2. The lowest BCUT2D eigenvalue weighted by Crippen LogP contribution is -2.22. The van der Waals surface area contributed by atoms with Gasteiger partial charge in [0.05, 0.1) is 17.5 Å². The molecule has 1 unspecified atom stereocenters. The molecule has 1 N–H and O–H groups in total. The molecule has 158 valence electrons. The van der Waals surface area contributed by atoms with Crippen molar-refractivity contribution in [1.82, 2.24) is 19.4 Å². The van der Waals surface area contributed by atoms with E-state index in [4.69, 9.17) is 4.98 Å². The van der Waals surface area contributed by atoms with Gasteiger partial charge in [0.25, 0.3) is 5.91 Å². The molecule has 2 aromatic carbocycles. The Hall–Kier alpha value is -3.41. The van der Waals surface area contributed by atoms with Gasteiger partial charge in [-0.25, -0.2) is 4.98 Å². The summed E-state index contributed by atoms with van der Waals surface area (Å²) in [5.41, 5.74) is 4.19. The predicted octanol–water partition coefficient (Wildman–Crippen LogP) is 4.69. The van der Waals surface area contributed by atoms with E-state index in [2.05, 4.69) is 35.2 Å². The fraction of sp³-hybridized carbons (Fsp3) is 0.320. The van der Waals surface area contributed by atoms with Crippen molar-refractivity contribution in [2.75, 3.05) is 6.54 Å². The summed E-state index contributed by atoms with van der Waals surface area (Å²) in [7, 11) is 0. The molecule has 1 aliphatic rings. The highest BCUT2D eigenvalue weighted by molar-refractivity contribution is 6.03. The molecule has 5 rings (SSSR count). The van der Waals surface area contributed by atoms with Crippen LogP contribution in [0, 0.1) is 0 Å². The maximum atomic E-state index is 13.3. The number of benzene rings is 2. The number of amides is 1. The van der Waals surface area contributed by atoms with Crippen LogP contribution in [0.3, 0.4) is 0 Å². The summed E-state index contributed by atoms with van der Waals surface area (Å²) in [4.78, 5) is 30.5. The molecule has 2 aromatic heterocycles. The molecule has 0 spiro atoms. The van der Waals surface area contributed by atoms with Crippen molar-refractivity contribution in [1.29, 1.82) is 0 Å². The molecule has 3 heterocycles. The molecule has 0 aliphatic carbocycles. The fourth-order valence-electron chi connectivity index (χ4n) is 4.70. The normalized spacial score (nSPS) is 16.5. The third-order valence-corrected chi connectivity index (χ3v) is 6.19. The second kappa shape index (κ2) is 7.38. The standard InChI is InChI=1S/C25H26N4O2/c1-15(2)28-20-7-5-4-6-19(20)27-24(28)14-23(30)18-9-8-17-12-22-25(31)26-11-10-16(3)29(22)21(17)13-18/h4-9,12-13,15-16H,10-11,14H2,1-3H3,(H,26,31). The number of Topliss-reactive ketones (excluding diaryl/α,β-unsaturated/α-hetero) is 1. The van der Waals surface area contributed by atoms with Crippen molar-refractivity contribution in [2.24, 2.45) is 0 Å². The number of para-hydroxylation sites is 2. The van der Waals surface area contributed by atoms with Crippen LogP contribution in [0.2, 0.25) is 0 Å². The highest BCUT2D eigenvalue weighted by Crippen LogP contribution is 2.29. The molecule has 4 aromatic rings. The summed E-state index contributed by atoms with van der Waals surface area (Å²) in [5, 5.41) is 3.93. The second-order valence-electron chi connectivity index (χ2n) is 8.65. The summed E-state index contributed by atoms with van der Waals surface area (Å²) in [6, 6.07) is 16.0. The van der Waals surface area contributed by atoms with Gasteiger partial charge in [-0.05, 0) is 51.5 Å². The van der Waals surface area contributed by atoms with E-state index in [-0.39, 0.29) is 30.2 Å². The van der Waals surface area contributed by atoms with Crippen LogP contribution in [-0.2, 0) is 6.42 Å². The molecule has 6 nitrogen and oxygen atoms in total. The number of fused-ring (bicyclic) bond motifs is 4. The molecule has 1 amide bonds. The Morgan fingerprint density at radius 2 is 1.97 bits per heavy atom. The zero-order chi connectivity index (χ0) is 21.7. The minimum atomic E-state index is -0.0564. The van der Waals surface area contributed by atoms with E-state index in [1.54, 1.807) is 0 Å². The Morgan fingerprint density at radius 1 is 1.16 bits per heavy atom. The van der Waals surface area contributed by atoms with Gasteiger partial charge >= 0.3 is 0 Å². The number of carbonyl (C=O) groups excluding carboxylic acids is 2. The van der Waals surface area contributed by atoms with Crippen molar-refractivity contribution >= 4 is 33.6 Å². The number of hydrogen-bond donors (Lipinski definition) is 1. The topological polar surface area (TPSA) is 68.9 Å². The summed E-state index contributed by atoms with van der Waals surface area (Å²) in [5.74, 6) is 0.752. The Bertz CT molecular complexity index is 1330. The maximum absolute atomic E-state index is 13.3. The third kappa shape index (κ3) is 3.23. The van der Waals surface area contributed by atoms with Crippen LogP contribution in [0.1, 0.15) is 65.9 Å². The number of nitrogens with one attached hydrogen (secondary N) is 1. The molecule has 0 radical (unpaired) electrons. The van der Waals surface area contributed by atoms with Gasteiger partial charge in [0.1, 0.15) is 11.5 Å². The molecule has 0 fully saturated rings. The SMILES string of the molecule is CC(C)n1c(CC(=O)c2ccc3cc4n(c3c2)C(C)CCNC4=O)nc2ccccc21. The first-order chi connectivity index (χ1) is 14.9. The zero-order valence-corrected chi connectivity index (χ0v) is 18.1. The first kappa shape index (κ1) is 19.5.